The zero-order chi connectivity index (χ0) is 21.0. The van der Waals surface area contributed by atoms with Crippen LogP contribution in [0.25, 0.3) is 0 Å². The molecule has 2 N–H and O–H groups in total. The molecule has 0 unspecified atom stereocenters. The first kappa shape index (κ1) is 21.1. The van der Waals surface area contributed by atoms with Crippen LogP contribution >= 0.6 is 23.2 Å². The van der Waals surface area contributed by atoms with Gasteiger partial charge in [-0.3, -0.25) is 9.52 Å². The number of benzene rings is 2. The van der Waals surface area contributed by atoms with Crippen molar-refractivity contribution in [1.29, 1.82) is 0 Å². The van der Waals surface area contributed by atoms with Crippen LogP contribution in [-0.2, 0) is 21.2 Å². The average molecular weight is 450 g/mol. The van der Waals surface area contributed by atoms with Crippen LogP contribution in [0.5, 0.6) is 0 Å². The zero-order valence-electron chi connectivity index (χ0n) is 15.3. The number of aromatic nitrogens is 1. The highest BCUT2D eigenvalue weighted by Crippen LogP contribution is 2.26. The molecule has 6 nitrogen and oxygen atoms in total. The van der Waals surface area contributed by atoms with Gasteiger partial charge in [0.2, 0.25) is 5.91 Å². The van der Waals surface area contributed by atoms with Crippen molar-refractivity contribution < 1.29 is 13.2 Å². The van der Waals surface area contributed by atoms with Gasteiger partial charge in [-0.1, -0.05) is 41.4 Å². The van der Waals surface area contributed by atoms with E-state index in [2.05, 4.69) is 15.0 Å². The second kappa shape index (κ2) is 8.82. The van der Waals surface area contributed by atoms with Gasteiger partial charge in [-0.25, -0.2) is 13.4 Å². The molecule has 3 aromatic rings. The van der Waals surface area contributed by atoms with E-state index in [9.17, 15) is 13.2 Å². The van der Waals surface area contributed by atoms with Crippen molar-refractivity contribution in [2.45, 2.75) is 18.2 Å². The number of anilines is 2. The lowest BCUT2D eigenvalue weighted by molar-refractivity contribution is -0.115. The normalized spacial score (nSPS) is 11.1. The first-order valence-electron chi connectivity index (χ1n) is 8.53. The minimum Gasteiger partial charge on any atom is -0.310 e. The van der Waals surface area contributed by atoms with Gasteiger partial charge in [0.05, 0.1) is 21.4 Å². The van der Waals surface area contributed by atoms with Crippen molar-refractivity contribution >= 4 is 50.6 Å². The average Bonchev–Trinajstić information content (AvgIpc) is 2.65. The number of halogens is 2. The number of carbonyl (C=O) groups excluding carboxylic acids is 1. The molecule has 1 amide bonds. The van der Waals surface area contributed by atoms with E-state index in [0.717, 1.165) is 11.3 Å². The summed E-state index contributed by atoms with van der Waals surface area (Å²) in [5, 5.41) is 3.15. The molecule has 150 valence electrons. The van der Waals surface area contributed by atoms with E-state index in [1.165, 1.54) is 18.2 Å². The number of hydrogen-bond acceptors (Lipinski definition) is 4. The Labute approximate surface area is 178 Å². The summed E-state index contributed by atoms with van der Waals surface area (Å²) in [7, 11) is -3.81. The Morgan fingerprint density at radius 3 is 2.38 bits per heavy atom. The molecule has 0 saturated carbocycles. The summed E-state index contributed by atoms with van der Waals surface area (Å²) >= 11 is 11.7. The van der Waals surface area contributed by atoms with Gasteiger partial charge in [0, 0.05) is 11.4 Å². The summed E-state index contributed by atoms with van der Waals surface area (Å²) in [5.41, 5.74) is 1.90. The van der Waals surface area contributed by atoms with E-state index >= 15 is 0 Å². The SMILES string of the molecule is Cc1cccc(NC(=O)Cc2ccc(NS(=O)(=O)c3ccc(Cl)c(Cl)c3)cc2)n1. The van der Waals surface area contributed by atoms with E-state index in [-0.39, 0.29) is 27.3 Å². The summed E-state index contributed by atoms with van der Waals surface area (Å²) in [6, 6.07) is 16.0. The van der Waals surface area contributed by atoms with Crippen molar-refractivity contribution in [3.8, 4) is 0 Å². The molecule has 0 spiro atoms. The number of sulfonamides is 1. The molecule has 0 fully saturated rings. The molecule has 0 radical (unpaired) electrons. The molecular weight excluding hydrogens is 433 g/mol. The van der Waals surface area contributed by atoms with Crippen LogP contribution in [0.3, 0.4) is 0 Å². The largest absolute Gasteiger partial charge is 0.310 e. The molecule has 29 heavy (non-hydrogen) atoms. The van der Waals surface area contributed by atoms with Crippen molar-refractivity contribution in [1.82, 2.24) is 4.98 Å². The van der Waals surface area contributed by atoms with Crippen molar-refractivity contribution in [3.05, 3.63) is 82.0 Å². The Bertz CT molecular complexity index is 1150. The number of nitrogens with one attached hydrogen (secondary N) is 2. The Hall–Kier alpha value is -2.61. The predicted octanol–water partition coefficient (Wildman–Crippen LogP) is 4.68. The van der Waals surface area contributed by atoms with Crippen LogP contribution in [0.4, 0.5) is 11.5 Å². The first-order valence-corrected chi connectivity index (χ1v) is 10.8. The van der Waals surface area contributed by atoms with E-state index in [0.29, 0.717) is 11.5 Å². The van der Waals surface area contributed by atoms with Crippen LogP contribution in [0.15, 0.2) is 65.6 Å². The number of rotatable bonds is 6. The lowest BCUT2D eigenvalue weighted by atomic mass is 10.1. The fraction of sp³-hybridized carbons (Fsp3) is 0.100. The smallest absolute Gasteiger partial charge is 0.261 e. The van der Waals surface area contributed by atoms with Gasteiger partial charge < -0.3 is 5.32 Å². The molecule has 0 aliphatic heterocycles. The van der Waals surface area contributed by atoms with Crippen molar-refractivity contribution in [2.24, 2.45) is 0 Å². The molecule has 1 aromatic heterocycles. The second-order valence-electron chi connectivity index (χ2n) is 6.27. The van der Waals surface area contributed by atoms with E-state index in [1.54, 1.807) is 30.3 Å². The van der Waals surface area contributed by atoms with Gasteiger partial charge in [0.25, 0.3) is 10.0 Å². The third-order valence-electron chi connectivity index (χ3n) is 3.93. The Kier molecular flexibility index (Phi) is 6.42. The lowest BCUT2D eigenvalue weighted by Gasteiger charge is -2.10. The lowest BCUT2D eigenvalue weighted by Crippen LogP contribution is -2.16. The molecular formula is C20H17Cl2N3O3S. The van der Waals surface area contributed by atoms with Crippen LogP contribution in [0.1, 0.15) is 11.3 Å². The third-order valence-corrected chi connectivity index (χ3v) is 6.05. The topological polar surface area (TPSA) is 88.2 Å². The molecule has 2 aromatic carbocycles. The van der Waals surface area contributed by atoms with Gasteiger partial charge in [-0.2, -0.15) is 0 Å². The van der Waals surface area contributed by atoms with Crippen LogP contribution in [0, 0.1) is 6.92 Å². The monoisotopic (exact) mass is 449 g/mol. The molecule has 1 heterocycles. The Morgan fingerprint density at radius 1 is 1.00 bits per heavy atom. The van der Waals surface area contributed by atoms with Crippen LogP contribution < -0.4 is 10.0 Å². The summed E-state index contributed by atoms with van der Waals surface area (Å²) < 4.78 is 27.4. The minimum absolute atomic E-state index is 0.000934. The fourth-order valence-electron chi connectivity index (χ4n) is 2.53. The number of amides is 1. The molecule has 0 aliphatic carbocycles. The number of pyridine rings is 1. The van der Waals surface area contributed by atoms with Crippen LogP contribution in [0.2, 0.25) is 10.0 Å². The van der Waals surface area contributed by atoms with Crippen molar-refractivity contribution in [2.75, 3.05) is 10.0 Å². The summed E-state index contributed by atoms with van der Waals surface area (Å²) in [4.78, 5) is 16.4. The highest BCUT2D eigenvalue weighted by Gasteiger charge is 2.16. The third kappa shape index (κ3) is 5.69. The maximum atomic E-state index is 12.5. The zero-order valence-corrected chi connectivity index (χ0v) is 17.6. The maximum Gasteiger partial charge on any atom is 0.261 e. The highest BCUT2D eigenvalue weighted by molar-refractivity contribution is 7.92. The molecule has 0 aliphatic rings. The first-order chi connectivity index (χ1) is 13.7. The number of nitrogens with zero attached hydrogens (tertiary/aromatic N) is 1. The van der Waals surface area contributed by atoms with Crippen molar-refractivity contribution in [3.63, 3.8) is 0 Å². The molecule has 0 saturated heterocycles. The van der Waals surface area contributed by atoms with E-state index < -0.39 is 10.0 Å². The van der Waals surface area contributed by atoms with Gasteiger partial charge >= 0.3 is 0 Å². The molecule has 9 heteroatoms. The van der Waals surface area contributed by atoms with Gasteiger partial charge in [0.1, 0.15) is 5.82 Å². The maximum absolute atomic E-state index is 12.5. The minimum atomic E-state index is -3.81. The highest BCUT2D eigenvalue weighted by atomic mass is 35.5. The molecule has 0 bridgehead atoms. The predicted molar refractivity (Wildman–Crippen MR) is 115 cm³/mol. The Morgan fingerprint density at radius 2 is 1.72 bits per heavy atom. The number of hydrogen-bond donors (Lipinski definition) is 2. The second-order valence-corrected chi connectivity index (χ2v) is 8.76. The fourth-order valence-corrected chi connectivity index (χ4v) is 3.98. The number of aryl methyl sites for hydroxylation is 1. The quantitative estimate of drug-likeness (QED) is 0.571. The summed E-state index contributed by atoms with van der Waals surface area (Å²) in [5.74, 6) is 0.272. The van der Waals surface area contributed by atoms with E-state index in [4.69, 9.17) is 23.2 Å². The molecule has 3 rings (SSSR count). The van der Waals surface area contributed by atoms with Gasteiger partial charge in [-0.15, -0.1) is 0 Å². The summed E-state index contributed by atoms with van der Waals surface area (Å²) in [6.07, 6.45) is 0.134. The molecule has 0 atom stereocenters. The van der Waals surface area contributed by atoms with E-state index in [1.807, 2.05) is 19.1 Å². The van der Waals surface area contributed by atoms with Gasteiger partial charge in [-0.05, 0) is 55.0 Å². The van der Waals surface area contributed by atoms with Gasteiger partial charge in [0.15, 0.2) is 0 Å². The standard InChI is InChI=1S/C20H17Cl2N3O3S/c1-13-3-2-4-19(23-13)24-20(26)11-14-5-7-15(8-6-14)25-29(27,28)16-9-10-17(21)18(22)12-16/h2-10,12,25H,11H2,1H3,(H,23,24,26). The number of carbonyl (C=O) groups is 1. The Balaban J connectivity index is 1.65. The van der Waals surface area contributed by atoms with Crippen LogP contribution in [-0.4, -0.2) is 19.3 Å². The summed E-state index contributed by atoms with van der Waals surface area (Å²) in [6.45, 7) is 1.84.